The van der Waals surface area contributed by atoms with E-state index in [-0.39, 0.29) is 20.8 Å². The zero-order chi connectivity index (χ0) is 18.6. The third kappa shape index (κ3) is 2.72. The predicted molar refractivity (Wildman–Crippen MR) is 94.7 cm³/mol. The van der Waals surface area contributed by atoms with Gasteiger partial charge in [0.1, 0.15) is 0 Å². The van der Waals surface area contributed by atoms with Crippen molar-refractivity contribution in [2.75, 3.05) is 0 Å². The number of nitrogens with zero attached hydrogens (tertiary/aromatic N) is 2. The Morgan fingerprint density at radius 3 is 2.00 bits per heavy atom. The largest absolute Gasteiger partial charge is 0.282 e. The van der Waals surface area contributed by atoms with Gasteiger partial charge in [-0.3, -0.25) is 25.0 Å². The van der Waals surface area contributed by atoms with Gasteiger partial charge in [-0.25, -0.2) is 0 Å². The van der Waals surface area contributed by atoms with Gasteiger partial charge in [0.05, 0.1) is 15.9 Å². The molecule has 1 aromatic carbocycles. The molecule has 3 atom stereocenters. The molecule has 0 N–H and O–H groups in total. The normalized spacial score (nSPS) is 29.6. The monoisotopic (exact) mass is 364 g/mol. The molecule has 2 bridgehead atoms. The Kier molecular flexibility index (Phi) is 4.14. The molecule has 0 unspecified atom stereocenters. The number of fused-ring (bicyclic) bond motifs is 2. The summed E-state index contributed by atoms with van der Waals surface area (Å²) in [6.07, 6.45) is 3.35. The lowest BCUT2D eigenvalue weighted by Crippen LogP contribution is -2.44. The lowest BCUT2D eigenvalue weighted by Gasteiger charge is -2.46. The molecule has 1 aromatic rings. The number of benzene rings is 1. The number of nitro groups is 2. The molecule has 0 saturated heterocycles. The molecule has 0 radical (unpaired) electrons. The molecular weight excluding hydrogens is 344 g/mol. The van der Waals surface area contributed by atoms with E-state index in [1.807, 2.05) is 0 Å². The third-order valence-electron chi connectivity index (χ3n) is 6.38. The highest BCUT2D eigenvalue weighted by atomic mass is 32.2. The SMILES string of the molecule is CC1(C)[C@@H]2CC[C@@H](C2)[C@@]1(C)SC(=O)c1cc([N+](=O)[O-])cc([N+](=O)[O-])c1. The second kappa shape index (κ2) is 5.79. The molecule has 0 aliphatic heterocycles. The first-order chi connectivity index (χ1) is 11.6. The fourth-order valence-corrected chi connectivity index (χ4v) is 5.89. The number of rotatable bonds is 4. The van der Waals surface area contributed by atoms with Crippen molar-refractivity contribution < 1.29 is 14.6 Å². The quantitative estimate of drug-likeness (QED) is 0.571. The summed E-state index contributed by atoms with van der Waals surface area (Å²) in [6, 6.07) is 3.14. The predicted octanol–water partition coefficient (Wildman–Crippen LogP) is 4.59. The molecule has 0 amide bonds. The van der Waals surface area contributed by atoms with Gasteiger partial charge in [-0.05, 0) is 43.4 Å². The lowest BCUT2D eigenvalue weighted by atomic mass is 9.69. The van der Waals surface area contributed by atoms with Gasteiger partial charge < -0.3 is 0 Å². The number of hydrogen-bond acceptors (Lipinski definition) is 6. The Labute approximate surface area is 149 Å². The third-order valence-corrected chi connectivity index (χ3v) is 8.08. The maximum atomic E-state index is 12.8. The lowest BCUT2D eigenvalue weighted by molar-refractivity contribution is -0.394. The number of carbonyl (C=O) groups excluding carboxylic acids is 1. The van der Waals surface area contributed by atoms with Gasteiger partial charge in [-0.2, -0.15) is 0 Å². The Balaban J connectivity index is 1.94. The molecule has 7 nitrogen and oxygen atoms in total. The molecule has 25 heavy (non-hydrogen) atoms. The van der Waals surface area contributed by atoms with Crippen molar-refractivity contribution in [2.45, 2.75) is 44.8 Å². The topological polar surface area (TPSA) is 103 Å². The maximum absolute atomic E-state index is 12.8. The summed E-state index contributed by atoms with van der Waals surface area (Å²) >= 11 is 1.19. The van der Waals surface area contributed by atoms with Crippen LogP contribution in [0, 0.1) is 37.5 Å². The van der Waals surface area contributed by atoms with E-state index in [2.05, 4.69) is 20.8 Å². The summed E-state index contributed by atoms with van der Waals surface area (Å²) in [7, 11) is 0. The Morgan fingerprint density at radius 2 is 1.56 bits per heavy atom. The van der Waals surface area contributed by atoms with E-state index < -0.39 is 21.2 Å². The molecule has 3 rings (SSSR count). The van der Waals surface area contributed by atoms with E-state index in [1.54, 1.807) is 0 Å². The van der Waals surface area contributed by atoms with E-state index in [9.17, 15) is 25.0 Å². The minimum atomic E-state index is -0.711. The van der Waals surface area contributed by atoms with Gasteiger partial charge in [-0.1, -0.05) is 25.6 Å². The van der Waals surface area contributed by atoms with Gasteiger partial charge in [0, 0.05) is 22.4 Å². The fourth-order valence-electron chi connectivity index (χ4n) is 4.46. The van der Waals surface area contributed by atoms with Gasteiger partial charge >= 0.3 is 0 Å². The zero-order valence-corrected chi connectivity index (χ0v) is 15.2. The van der Waals surface area contributed by atoms with Crippen LogP contribution in [0.2, 0.25) is 0 Å². The Hall–Kier alpha value is -1.96. The van der Waals surface area contributed by atoms with Crippen molar-refractivity contribution in [3.8, 4) is 0 Å². The highest BCUT2D eigenvalue weighted by Gasteiger charge is 2.61. The van der Waals surface area contributed by atoms with Crippen LogP contribution in [0.1, 0.15) is 50.4 Å². The summed E-state index contributed by atoms with van der Waals surface area (Å²) in [4.78, 5) is 33.5. The Bertz CT molecular complexity index is 746. The van der Waals surface area contributed by atoms with Crippen molar-refractivity contribution in [3.05, 3.63) is 44.0 Å². The molecule has 2 aliphatic carbocycles. The Morgan fingerprint density at radius 1 is 1.04 bits per heavy atom. The summed E-state index contributed by atoms with van der Waals surface area (Å²) in [6.45, 7) is 6.44. The van der Waals surface area contributed by atoms with E-state index in [0.29, 0.717) is 11.8 Å². The number of thioether (sulfide) groups is 1. The summed E-state index contributed by atoms with van der Waals surface area (Å²) in [5, 5.41) is 21.7. The van der Waals surface area contributed by atoms with Crippen LogP contribution in [-0.2, 0) is 0 Å². The van der Waals surface area contributed by atoms with E-state index in [4.69, 9.17) is 0 Å². The molecule has 0 heterocycles. The van der Waals surface area contributed by atoms with Gasteiger partial charge in [-0.15, -0.1) is 0 Å². The molecule has 2 fully saturated rings. The van der Waals surface area contributed by atoms with E-state index in [0.717, 1.165) is 31.0 Å². The van der Waals surface area contributed by atoms with Crippen molar-refractivity contribution in [1.29, 1.82) is 0 Å². The first kappa shape index (κ1) is 17.8. The average Bonchev–Trinajstić information content (AvgIpc) is 3.09. The summed E-state index contributed by atoms with van der Waals surface area (Å²) in [5.41, 5.74) is -0.875. The summed E-state index contributed by atoms with van der Waals surface area (Å²) < 4.78 is -0.271. The minimum absolute atomic E-state index is 0.0192. The fraction of sp³-hybridized carbons (Fsp3) is 0.588. The van der Waals surface area contributed by atoms with Crippen LogP contribution in [0.25, 0.3) is 0 Å². The van der Waals surface area contributed by atoms with Crippen LogP contribution in [0.4, 0.5) is 11.4 Å². The number of non-ortho nitro benzene ring substituents is 2. The average molecular weight is 364 g/mol. The second-order valence-electron chi connectivity index (χ2n) is 7.68. The second-order valence-corrected chi connectivity index (χ2v) is 9.10. The maximum Gasteiger partial charge on any atom is 0.277 e. The number of hydrogen-bond donors (Lipinski definition) is 0. The molecule has 2 aliphatic rings. The van der Waals surface area contributed by atoms with E-state index in [1.165, 1.54) is 18.2 Å². The highest BCUT2D eigenvalue weighted by Crippen LogP contribution is 2.66. The van der Waals surface area contributed by atoms with Crippen LogP contribution in [0.3, 0.4) is 0 Å². The van der Waals surface area contributed by atoms with Gasteiger partial charge in [0.2, 0.25) is 5.12 Å². The minimum Gasteiger partial charge on any atom is -0.282 e. The molecule has 134 valence electrons. The number of carbonyl (C=O) groups is 1. The van der Waals surface area contributed by atoms with Crippen molar-refractivity contribution in [2.24, 2.45) is 17.3 Å². The van der Waals surface area contributed by atoms with E-state index >= 15 is 0 Å². The van der Waals surface area contributed by atoms with Crippen LogP contribution in [-0.4, -0.2) is 19.7 Å². The van der Waals surface area contributed by atoms with Crippen LogP contribution in [0.15, 0.2) is 18.2 Å². The molecule has 0 spiro atoms. The van der Waals surface area contributed by atoms with Crippen LogP contribution in [0.5, 0.6) is 0 Å². The van der Waals surface area contributed by atoms with Crippen molar-refractivity contribution >= 4 is 28.3 Å². The first-order valence-electron chi connectivity index (χ1n) is 8.23. The molecule has 2 saturated carbocycles. The van der Waals surface area contributed by atoms with Crippen LogP contribution >= 0.6 is 11.8 Å². The van der Waals surface area contributed by atoms with Crippen LogP contribution < -0.4 is 0 Å². The molecule has 0 aromatic heterocycles. The van der Waals surface area contributed by atoms with Gasteiger partial charge in [0.25, 0.3) is 11.4 Å². The molecule has 8 heteroatoms. The smallest absolute Gasteiger partial charge is 0.277 e. The highest BCUT2D eigenvalue weighted by molar-refractivity contribution is 8.15. The summed E-state index contributed by atoms with van der Waals surface area (Å²) in [5.74, 6) is 0.998. The molecular formula is C17H20N2O5S. The zero-order valence-electron chi connectivity index (χ0n) is 14.4. The van der Waals surface area contributed by atoms with Crippen molar-refractivity contribution in [3.63, 3.8) is 0 Å². The van der Waals surface area contributed by atoms with Crippen molar-refractivity contribution in [1.82, 2.24) is 0 Å². The first-order valence-corrected chi connectivity index (χ1v) is 9.05. The standard InChI is InChI=1S/C17H20N2O5S/c1-16(2)11-4-5-12(8-11)17(16,3)25-15(20)10-6-13(18(21)22)9-14(7-10)19(23)24/h6-7,9,11-12H,4-5,8H2,1-3H3/t11-,12+,17-/m1/s1. The van der Waals surface area contributed by atoms with Gasteiger partial charge in [0.15, 0.2) is 0 Å². The number of nitro benzene ring substituents is 2.